The van der Waals surface area contributed by atoms with Crippen molar-refractivity contribution >= 4 is 21.5 Å². The summed E-state index contributed by atoms with van der Waals surface area (Å²) in [5.41, 5.74) is 1.86. The van der Waals surface area contributed by atoms with Gasteiger partial charge in [0, 0.05) is 19.8 Å². The highest BCUT2D eigenvalue weighted by atomic mass is 32.2. The maximum absolute atomic E-state index is 12.8. The first-order chi connectivity index (χ1) is 10.1. The van der Waals surface area contributed by atoms with Crippen molar-refractivity contribution in [3.05, 3.63) is 48.2 Å². The lowest BCUT2D eigenvalue weighted by atomic mass is 10.0. The van der Waals surface area contributed by atoms with Crippen molar-refractivity contribution in [1.82, 2.24) is 4.98 Å². The molecule has 0 radical (unpaired) electrons. The van der Waals surface area contributed by atoms with Crippen LogP contribution in [0.3, 0.4) is 0 Å². The molecular formula is C15H17N3O2S. The molecule has 3 rings (SSSR count). The highest BCUT2D eigenvalue weighted by Crippen LogP contribution is 2.31. The van der Waals surface area contributed by atoms with E-state index in [1.807, 2.05) is 24.3 Å². The second-order valence-corrected chi connectivity index (χ2v) is 6.80. The second-order valence-electron chi connectivity index (χ2n) is 4.94. The third kappa shape index (κ3) is 2.47. The first kappa shape index (κ1) is 13.9. The quantitative estimate of drug-likeness (QED) is 0.945. The van der Waals surface area contributed by atoms with Gasteiger partial charge in [0.05, 0.1) is 5.69 Å². The minimum Gasteiger partial charge on any atom is -0.373 e. The number of aryl methyl sites for hydroxylation is 1. The van der Waals surface area contributed by atoms with Gasteiger partial charge in [0.15, 0.2) is 0 Å². The van der Waals surface area contributed by atoms with Crippen molar-refractivity contribution in [1.29, 1.82) is 0 Å². The third-order valence-corrected chi connectivity index (χ3v) is 5.44. The van der Waals surface area contributed by atoms with E-state index in [0.717, 1.165) is 24.1 Å². The number of hydrogen-bond acceptors (Lipinski definition) is 4. The Morgan fingerprint density at radius 3 is 2.71 bits per heavy atom. The molecule has 21 heavy (non-hydrogen) atoms. The van der Waals surface area contributed by atoms with Crippen LogP contribution in [0.1, 0.15) is 12.0 Å². The van der Waals surface area contributed by atoms with Crippen LogP contribution in [0.15, 0.2) is 47.5 Å². The van der Waals surface area contributed by atoms with Gasteiger partial charge in [-0.15, -0.1) is 0 Å². The van der Waals surface area contributed by atoms with Crippen LogP contribution < -0.4 is 9.62 Å². The molecule has 0 aliphatic carbocycles. The van der Waals surface area contributed by atoms with Gasteiger partial charge in [-0.2, -0.15) is 0 Å². The van der Waals surface area contributed by atoms with E-state index in [2.05, 4.69) is 10.3 Å². The number of hydrogen-bond donors (Lipinski definition) is 1. The molecule has 110 valence electrons. The smallest absolute Gasteiger partial charge is 0.265 e. The molecule has 0 fully saturated rings. The number of aromatic nitrogens is 1. The molecule has 5 nitrogen and oxygen atoms in total. The number of nitrogens with zero attached hydrogens (tertiary/aromatic N) is 2. The molecule has 1 aromatic heterocycles. The fourth-order valence-corrected chi connectivity index (χ4v) is 4.04. The number of benzene rings is 1. The lowest BCUT2D eigenvalue weighted by Gasteiger charge is -2.30. The Balaban J connectivity index is 2.02. The van der Waals surface area contributed by atoms with E-state index < -0.39 is 10.0 Å². The average molecular weight is 303 g/mol. The van der Waals surface area contributed by atoms with Crippen molar-refractivity contribution in [2.24, 2.45) is 0 Å². The van der Waals surface area contributed by atoms with Crippen LogP contribution in [0, 0.1) is 0 Å². The van der Waals surface area contributed by atoms with Crippen molar-refractivity contribution in [2.75, 3.05) is 23.2 Å². The van der Waals surface area contributed by atoms with Gasteiger partial charge in [-0.25, -0.2) is 13.4 Å². The van der Waals surface area contributed by atoms with Crippen LogP contribution in [0.25, 0.3) is 0 Å². The summed E-state index contributed by atoms with van der Waals surface area (Å²) in [5, 5.41) is 2.88. The van der Waals surface area contributed by atoms with Gasteiger partial charge in [0.2, 0.25) is 0 Å². The zero-order valence-corrected chi connectivity index (χ0v) is 12.6. The largest absolute Gasteiger partial charge is 0.373 e. The van der Waals surface area contributed by atoms with Crippen molar-refractivity contribution in [3.63, 3.8) is 0 Å². The summed E-state index contributed by atoms with van der Waals surface area (Å²) < 4.78 is 27.1. The molecule has 1 aliphatic heterocycles. The topological polar surface area (TPSA) is 62.3 Å². The predicted octanol–water partition coefficient (Wildman–Crippen LogP) is 2.26. The molecule has 1 aromatic carbocycles. The van der Waals surface area contributed by atoms with Gasteiger partial charge in [0.25, 0.3) is 10.0 Å². The summed E-state index contributed by atoms with van der Waals surface area (Å²) in [5.74, 6) is 0.646. The lowest BCUT2D eigenvalue weighted by Crippen LogP contribution is -2.35. The third-order valence-electron chi connectivity index (χ3n) is 3.65. The molecule has 0 atom stereocenters. The highest BCUT2D eigenvalue weighted by molar-refractivity contribution is 7.92. The van der Waals surface area contributed by atoms with E-state index in [1.54, 1.807) is 19.2 Å². The number of pyridine rings is 1. The Morgan fingerprint density at radius 1 is 1.19 bits per heavy atom. The molecule has 2 aromatic rings. The Hall–Kier alpha value is -2.08. The highest BCUT2D eigenvalue weighted by Gasteiger charge is 2.28. The first-order valence-electron chi connectivity index (χ1n) is 6.87. The van der Waals surface area contributed by atoms with Crippen LogP contribution in [0.4, 0.5) is 11.5 Å². The minimum absolute atomic E-state index is 0.221. The molecule has 6 heteroatoms. The first-order valence-corrected chi connectivity index (χ1v) is 8.31. The number of fused-ring (bicyclic) bond motifs is 1. The van der Waals surface area contributed by atoms with Crippen LogP contribution in [-0.2, 0) is 16.4 Å². The summed E-state index contributed by atoms with van der Waals surface area (Å²) in [6.45, 7) is 0.507. The molecule has 0 unspecified atom stereocenters. The van der Waals surface area contributed by atoms with E-state index in [1.165, 1.54) is 10.5 Å². The number of para-hydroxylation sites is 1. The predicted molar refractivity (Wildman–Crippen MR) is 83.1 cm³/mol. The number of anilines is 2. The summed E-state index contributed by atoms with van der Waals surface area (Å²) in [7, 11) is -1.81. The van der Waals surface area contributed by atoms with Crippen LogP contribution in [0.2, 0.25) is 0 Å². The fraction of sp³-hybridized carbons (Fsp3) is 0.267. The number of sulfonamides is 1. The zero-order valence-electron chi connectivity index (χ0n) is 11.8. The summed E-state index contributed by atoms with van der Waals surface area (Å²) in [4.78, 5) is 4.32. The molecule has 0 saturated carbocycles. The molecule has 0 saturated heterocycles. The lowest BCUT2D eigenvalue weighted by molar-refractivity contribution is 0.586. The standard InChI is InChI=1S/C15H17N3O2S/c1-16-15-9-8-13(11-17-15)21(19,20)18-10-4-6-12-5-2-3-7-14(12)18/h2-3,5,7-9,11H,4,6,10H2,1H3,(H,16,17). The summed E-state index contributed by atoms with van der Waals surface area (Å²) in [6.07, 6.45) is 3.15. The normalized spacial score (nSPS) is 14.6. The van der Waals surface area contributed by atoms with E-state index in [-0.39, 0.29) is 4.90 Å². The number of rotatable bonds is 3. The summed E-state index contributed by atoms with van der Waals surface area (Å²) >= 11 is 0. The fourth-order valence-electron chi connectivity index (χ4n) is 2.56. The van der Waals surface area contributed by atoms with E-state index in [9.17, 15) is 8.42 Å². The summed E-state index contributed by atoms with van der Waals surface area (Å²) in [6, 6.07) is 10.9. The SMILES string of the molecule is CNc1ccc(S(=O)(=O)N2CCCc3ccccc32)cn1. The Labute approximate surface area is 124 Å². The maximum Gasteiger partial charge on any atom is 0.265 e. The van der Waals surface area contributed by atoms with Gasteiger partial charge < -0.3 is 5.32 Å². The van der Waals surface area contributed by atoms with Crippen molar-refractivity contribution < 1.29 is 8.42 Å². The van der Waals surface area contributed by atoms with Gasteiger partial charge in [-0.1, -0.05) is 18.2 Å². The minimum atomic E-state index is -3.56. The van der Waals surface area contributed by atoms with Gasteiger partial charge >= 0.3 is 0 Å². The van der Waals surface area contributed by atoms with E-state index in [4.69, 9.17) is 0 Å². The average Bonchev–Trinajstić information content (AvgIpc) is 2.54. The molecule has 0 amide bonds. The molecular weight excluding hydrogens is 286 g/mol. The maximum atomic E-state index is 12.8. The molecule has 2 heterocycles. The van der Waals surface area contributed by atoms with Crippen molar-refractivity contribution in [3.8, 4) is 0 Å². The monoisotopic (exact) mass is 303 g/mol. The van der Waals surface area contributed by atoms with Crippen LogP contribution >= 0.6 is 0 Å². The molecule has 0 bridgehead atoms. The molecule has 1 aliphatic rings. The molecule has 0 spiro atoms. The van der Waals surface area contributed by atoms with E-state index in [0.29, 0.717) is 12.4 Å². The Kier molecular flexibility index (Phi) is 3.55. The number of nitrogens with one attached hydrogen (secondary N) is 1. The van der Waals surface area contributed by atoms with Gasteiger partial charge in [-0.05, 0) is 36.6 Å². The Morgan fingerprint density at radius 2 is 2.00 bits per heavy atom. The van der Waals surface area contributed by atoms with Crippen molar-refractivity contribution in [2.45, 2.75) is 17.7 Å². The van der Waals surface area contributed by atoms with Gasteiger partial charge in [0.1, 0.15) is 10.7 Å². The zero-order chi connectivity index (χ0) is 14.9. The van der Waals surface area contributed by atoms with Crippen LogP contribution in [0.5, 0.6) is 0 Å². The van der Waals surface area contributed by atoms with Gasteiger partial charge in [-0.3, -0.25) is 4.31 Å². The second kappa shape index (κ2) is 5.37. The van der Waals surface area contributed by atoms with Crippen LogP contribution in [-0.4, -0.2) is 27.0 Å². The van der Waals surface area contributed by atoms with E-state index >= 15 is 0 Å². The Bertz CT molecular complexity index is 742. The molecule has 1 N–H and O–H groups in total.